The van der Waals surface area contributed by atoms with E-state index in [1.807, 2.05) is 11.8 Å². The van der Waals surface area contributed by atoms with Crippen molar-refractivity contribution in [2.75, 3.05) is 11.5 Å². The molecule has 19 heavy (non-hydrogen) atoms. The normalized spacial score (nSPS) is 18.9. The summed E-state index contributed by atoms with van der Waals surface area (Å²) in [6.07, 6.45) is 2.05. The van der Waals surface area contributed by atoms with Gasteiger partial charge in [-0.25, -0.2) is 0 Å². The predicted octanol–water partition coefficient (Wildman–Crippen LogP) is 2.98. The van der Waals surface area contributed by atoms with Gasteiger partial charge in [0.15, 0.2) is 0 Å². The molecule has 1 aromatic rings. The fraction of sp³-hybridized carbons (Fsp3) is 0.417. The summed E-state index contributed by atoms with van der Waals surface area (Å²) >= 11 is 5.07. The van der Waals surface area contributed by atoms with E-state index in [1.54, 1.807) is 0 Å². The summed E-state index contributed by atoms with van der Waals surface area (Å²) < 4.78 is 0.569. The molecule has 1 aliphatic heterocycles. The summed E-state index contributed by atoms with van der Waals surface area (Å²) in [5, 5.41) is 13.7. The maximum absolute atomic E-state index is 12.1. The third-order valence-corrected chi connectivity index (χ3v) is 4.81. The van der Waals surface area contributed by atoms with Crippen molar-refractivity contribution >= 4 is 39.3 Å². The molecule has 1 amide bonds. The van der Waals surface area contributed by atoms with Crippen LogP contribution in [-0.2, 0) is 0 Å². The van der Waals surface area contributed by atoms with Gasteiger partial charge in [-0.2, -0.15) is 11.8 Å². The number of nitrogens with one attached hydrogen (secondary N) is 1. The molecule has 1 aliphatic rings. The summed E-state index contributed by atoms with van der Waals surface area (Å²) in [6, 6.07) is 4.35. The number of non-ortho nitro benzene ring substituents is 1. The Morgan fingerprint density at radius 3 is 2.95 bits per heavy atom. The van der Waals surface area contributed by atoms with Crippen molar-refractivity contribution in [2.24, 2.45) is 0 Å². The Labute approximate surface area is 123 Å². The maximum atomic E-state index is 12.1. The van der Waals surface area contributed by atoms with Crippen LogP contribution in [0.2, 0.25) is 0 Å². The van der Waals surface area contributed by atoms with E-state index in [-0.39, 0.29) is 17.6 Å². The lowest BCUT2D eigenvalue weighted by atomic mass is 10.1. The Morgan fingerprint density at radius 2 is 2.32 bits per heavy atom. The van der Waals surface area contributed by atoms with E-state index >= 15 is 0 Å². The Kier molecular flexibility index (Phi) is 4.81. The minimum Gasteiger partial charge on any atom is -0.348 e. The standard InChI is InChI=1S/C12H13BrN2O3S/c13-11-4-3-9(15(17)18)6-10(11)12(16)14-8-2-1-5-19-7-8/h3-4,6,8H,1-2,5,7H2,(H,14,16). The van der Waals surface area contributed by atoms with Gasteiger partial charge < -0.3 is 5.32 Å². The van der Waals surface area contributed by atoms with Crippen LogP contribution in [0.25, 0.3) is 0 Å². The van der Waals surface area contributed by atoms with Gasteiger partial charge in [0.1, 0.15) is 0 Å². The van der Waals surface area contributed by atoms with Gasteiger partial charge in [0, 0.05) is 28.4 Å². The van der Waals surface area contributed by atoms with Gasteiger partial charge >= 0.3 is 0 Å². The first-order valence-corrected chi connectivity index (χ1v) is 7.85. The minimum absolute atomic E-state index is 0.0774. The molecule has 0 bridgehead atoms. The molecule has 2 rings (SSSR count). The number of benzene rings is 1. The van der Waals surface area contributed by atoms with Crippen LogP contribution in [0.1, 0.15) is 23.2 Å². The van der Waals surface area contributed by atoms with Crippen molar-refractivity contribution in [3.05, 3.63) is 38.3 Å². The van der Waals surface area contributed by atoms with Crippen LogP contribution in [0.3, 0.4) is 0 Å². The number of nitrogens with zero attached hydrogens (tertiary/aromatic N) is 1. The Morgan fingerprint density at radius 1 is 1.53 bits per heavy atom. The number of halogens is 1. The molecule has 0 aliphatic carbocycles. The third kappa shape index (κ3) is 3.70. The van der Waals surface area contributed by atoms with Crippen LogP contribution in [0.4, 0.5) is 5.69 Å². The molecule has 1 atom stereocenters. The highest BCUT2D eigenvalue weighted by Gasteiger charge is 2.20. The van der Waals surface area contributed by atoms with Gasteiger partial charge in [-0.05, 0) is 40.6 Å². The second kappa shape index (κ2) is 6.38. The van der Waals surface area contributed by atoms with Crippen LogP contribution in [-0.4, -0.2) is 28.4 Å². The summed E-state index contributed by atoms with van der Waals surface area (Å²) in [5.74, 6) is 1.77. The number of nitro groups is 1. The van der Waals surface area contributed by atoms with Gasteiger partial charge in [-0.15, -0.1) is 0 Å². The van der Waals surface area contributed by atoms with Crippen LogP contribution < -0.4 is 5.32 Å². The zero-order chi connectivity index (χ0) is 13.8. The highest BCUT2D eigenvalue weighted by Crippen LogP contribution is 2.23. The second-order valence-corrected chi connectivity index (χ2v) is 6.31. The highest BCUT2D eigenvalue weighted by molar-refractivity contribution is 9.10. The molecule has 1 fully saturated rings. The van der Waals surface area contributed by atoms with Gasteiger partial charge in [-0.3, -0.25) is 14.9 Å². The monoisotopic (exact) mass is 344 g/mol. The van der Waals surface area contributed by atoms with Crippen molar-refractivity contribution in [3.63, 3.8) is 0 Å². The van der Waals surface area contributed by atoms with Gasteiger partial charge in [0.25, 0.3) is 11.6 Å². The molecule has 0 spiro atoms. The number of carbonyl (C=O) groups is 1. The van der Waals surface area contributed by atoms with Crippen molar-refractivity contribution in [3.8, 4) is 0 Å². The van der Waals surface area contributed by atoms with Crippen LogP contribution in [0.15, 0.2) is 22.7 Å². The van der Waals surface area contributed by atoms with Crippen molar-refractivity contribution in [2.45, 2.75) is 18.9 Å². The number of thioether (sulfide) groups is 1. The molecule has 1 unspecified atom stereocenters. The number of amides is 1. The topological polar surface area (TPSA) is 72.2 Å². The molecule has 1 aromatic carbocycles. The van der Waals surface area contributed by atoms with Crippen molar-refractivity contribution in [1.82, 2.24) is 5.32 Å². The van der Waals surface area contributed by atoms with Gasteiger partial charge in [0.2, 0.25) is 0 Å². The third-order valence-electron chi connectivity index (χ3n) is 2.90. The number of carbonyl (C=O) groups excluding carboxylic acids is 1. The number of nitro benzene ring substituents is 1. The quantitative estimate of drug-likeness (QED) is 0.675. The molecule has 0 aromatic heterocycles. The molecular weight excluding hydrogens is 332 g/mol. The molecule has 0 radical (unpaired) electrons. The van der Waals surface area contributed by atoms with E-state index in [4.69, 9.17) is 0 Å². The van der Waals surface area contributed by atoms with Crippen LogP contribution >= 0.6 is 27.7 Å². The van der Waals surface area contributed by atoms with Crippen LogP contribution in [0.5, 0.6) is 0 Å². The van der Waals surface area contributed by atoms with Crippen LogP contribution in [0, 0.1) is 10.1 Å². The zero-order valence-corrected chi connectivity index (χ0v) is 12.5. The number of hydrogen-bond acceptors (Lipinski definition) is 4. The molecular formula is C12H13BrN2O3S. The number of rotatable bonds is 3. The summed E-state index contributed by atoms with van der Waals surface area (Å²) in [4.78, 5) is 22.4. The predicted molar refractivity (Wildman–Crippen MR) is 78.6 cm³/mol. The molecule has 1 heterocycles. The first-order chi connectivity index (χ1) is 9.08. The first-order valence-electron chi connectivity index (χ1n) is 5.90. The Balaban J connectivity index is 2.13. The fourth-order valence-electron chi connectivity index (χ4n) is 1.92. The largest absolute Gasteiger partial charge is 0.348 e. The van der Waals surface area contributed by atoms with Gasteiger partial charge in [0.05, 0.1) is 10.5 Å². The molecule has 0 saturated carbocycles. The molecule has 5 nitrogen and oxygen atoms in total. The highest BCUT2D eigenvalue weighted by atomic mass is 79.9. The summed E-state index contributed by atoms with van der Waals surface area (Å²) in [5.41, 5.74) is 0.233. The molecule has 102 valence electrons. The second-order valence-electron chi connectivity index (χ2n) is 4.31. The minimum atomic E-state index is -0.500. The van der Waals surface area contributed by atoms with E-state index < -0.39 is 4.92 Å². The average Bonchev–Trinajstić information content (AvgIpc) is 2.40. The van der Waals surface area contributed by atoms with E-state index in [1.165, 1.54) is 18.2 Å². The molecule has 7 heteroatoms. The van der Waals surface area contributed by atoms with E-state index in [9.17, 15) is 14.9 Å². The lowest BCUT2D eigenvalue weighted by molar-refractivity contribution is -0.384. The molecule has 1 N–H and O–H groups in total. The van der Waals surface area contributed by atoms with E-state index in [2.05, 4.69) is 21.2 Å². The average molecular weight is 345 g/mol. The summed E-state index contributed by atoms with van der Waals surface area (Å²) in [7, 11) is 0. The SMILES string of the molecule is O=C(NC1CCCSC1)c1cc([N+](=O)[O-])ccc1Br. The van der Waals surface area contributed by atoms with Crippen molar-refractivity contribution < 1.29 is 9.72 Å². The lowest BCUT2D eigenvalue weighted by Gasteiger charge is -2.22. The fourth-order valence-corrected chi connectivity index (χ4v) is 3.42. The zero-order valence-electron chi connectivity index (χ0n) is 10.1. The smallest absolute Gasteiger partial charge is 0.270 e. The Bertz CT molecular complexity index is 504. The lowest BCUT2D eigenvalue weighted by Crippen LogP contribution is -2.38. The van der Waals surface area contributed by atoms with Crippen molar-refractivity contribution in [1.29, 1.82) is 0 Å². The summed E-state index contributed by atoms with van der Waals surface area (Å²) in [6.45, 7) is 0. The maximum Gasteiger partial charge on any atom is 0.270 e. The van der Waals surface area contributed by atoms with E-state index in [0.717, 1.165) is 24.3 Å². The number of hydrogen-bond donors (Lipinski definition) is 1. The molecule has 1 saturated heterocycles. The Hall–Kier alpha value is -1.08. The van der Waals surface area contributed by atoms with Gasteiger partial charge in [-0.1, -0.05) is 0 Å². The van der Waals surface area contributed by atoms with E-state index in [0.29, 0.717) is 10.0 Å². The first kappa shape index (κ1) is 14.3.